The van der Waals surface area contributed by atoms with Crippen molar-refractivity contribution in [2.45, 2.75) is 181 Å². The summed E-state index contributed by atoms with van der Waals surface area (Å²) in [7, 11) is 0. The van der Waals surface area contributed by atoms with Gasteiger partial charge in [-0.15, -0.1) is 11.3 Å². The summed E-state index contributed by atoms with van der Waals surface area (Å²) >= 11 is 1.58. The Morgan fingerprint density at radius 3 is 2.31 bits per heavy atom. The molecule has 1 aromatic carbocycles. The first kappa shape index (κ1) is 52.8. The molecule has 374 valence electrons. The first-order chi connectivity index (χ1) is 32.5. The van der Waals surface area contributed by atoms with Gasteiger partial charge in [0.25, 0.3) is 0 Å². The van der Waals surface area contributed by atoms with Crippen LogP contribution in [0.2, 0.25) is 0 Å². The van der Waals surface area contributed by atoms with Gasteiger partial charge in [-0.3, -0.25) is 19.2 Å². The number of nitrogens with zero attached hydrogens (tertiary/aromatic N) is 2. The molecule has 2 aliphatic carbocycles. The highest BCUT2D eigenvalue weighted by molar-refractivity contribution is 7.13. The van der Waals surface area contributed by atoms with Gasteiger partial charge < -0.3 is 40.5 Å². The van der Waals surface area contributed by atoms with Gasteiger partial charge in [-0.1, -0.05) is 116 Å². The lowest BCUT2D eigenvalue weighted by Crippen LogP contribution is -2.57. The number of unbranched alkanes of at least 4 members (excludes halogenated alkanes) is 7. The molecule has 0 radical (unpaired) electrons. The van der Waals surface area contributed by atoms with E-state index in [2.05, 4.69) is 53.0 Å². The number of aliphatic hydroxyl groups excluding tert-OH is 2. The number of amides is 4. The number of esters is 1. The van der Waals surface area contributed by atoms with Gasteiger partial charge in [-0.2, -0.15) is 0 Å². The highest BCUT2D eigenvalue weighted by Gasteiger charge is 2.45. The topological polar surface area (TPSA) is 196 Å². The number of aliphatic hydroxyl groups is 2. The molecule has 15 heteroatoms. The Hall–Kier alpha value is -4.60. The Kier molecular flexibility index (Phi) is 19.2. The number of thiazole rings is 1. The average Bonchev–Trinajstić information content (AvgIpc) is 3.90. The molecule has 1 aromatic heterocycles. The van der Waals surface area contributed by atoms with E-state index < -0.39 is 29.7 Å². The van der Waals surface area contributed by atoms with E-state index in [1.54, 1.807) is 11.3 Å². The maximum absolute atomic E-state index is 14.0. The molecule has 0 bridgehead atoms. The van der Waals surface area contributed by atoms with Gasteiger partial charge in [0.1, 0.15) is 24.3 Å². The van der Waals surface area contributed by atoms with E-state index in [1.807, 2.05) is 57.5 Å². The van der Waals surface area contributed by atoms with Crippen LogP contribution in [-0.4, -0.2) is 99.5 Å². The number of rotatable bonds is 21. The fraction of sp³-hybridized carbons (Fsp3) is 0.660. The fourth-order valence-electron chi connectivity index (χ4n) is 10.5. The van der Waals surface area contributed by atoms with E-state index >= 15 is 0 Å². The Morgan fingerprint density at radius 2 is 1.63 bits per heavy atom. The van der Waals surface area contributed by atoms with Gasteiger partial charge in [-0.25, -0.2) is 9.78 Å². The molecule has 10 atom stereocenters. The third-order valence-electron chi connectivity index (χ3n) is 14.2. The normalized spacial score (nSPS) is 26.3. The molecule has 14 nitrogen and oxygen atoms in total. The van der Waals surface area contributed by atoms with Crippen LogP contribution in [-0.2, 0) is 35.2 Å². The number of hydrogen-bond donors (Lipinski definition) is 5. The summed E-state index contributed by atoms with van der Waals surface area (Å²) in [6, 6.07) is 6.23. The molecule has 2 fully saturated rings. The summed E-state index contributed by atoms with van der Waals surface area (Å²) in [5.41, 5.74) is 5.36. The van der Waals surface area contributed by atoms with E-state index in [0.717, 1.165) is 79.5 Å². The lowest BCUT2D eigenvalue weighted by atomic mass is 9.65. The molecule has 68 heavy (non-hydrogen) atoms. The summed E-state index contributed by atoms with van der Waals surface area (Å²) in [5.74, 6) is -0.370. The minimum absolute atomic E-state index is 0.0284. The van der Waals surface area contributed by atoms with Crippen LogP contribution < -0.4 is 16.0 Å². The van der Waals surface area contributed by atoms with Gasteiger partial charge in [0.15, 0.2) is 0 Å². The van der Waals surface area contributed by atoms with Crippen molar-refractivity contribution in [3.63, 3.8) is 0 Å². The van der Waals surface area contributed by atoms with Crippen molar-refractivity contribution in [2.75, 3.05) is 13.1 Å². The number of ether oxygens (including phenoxy) is 2. The number of benzene rings is 1. The molecule has 1 unspecified atom stereocenters. The van der Waals surface area contributed by atoms with Gasteiger partial charge in [0.2, 0.25) is 17.7 Å². The van der Waals surface area contributed by atoms with Gasteiger partial charge in [-0.05, 0) is 78.9 Å². The first-order valence-corrected chi connectivity index (χ1v) is 26.1. The summed E-state index contributed by atoms with van der Waals surface area (Å²) < 4.78 is 11.7. The van der Waals surface area contributed by atoms with Crippen LogP contribution in [0.25, 0.3) is 10.4 Å². The monoisotopic (exact) mass is 960 g/mol. The number of nitrogens with one attached hydrogen (secondary N) is 3. The molecule has 3 heterocycles. The van der Waals surface area contributed by atoms with Crippen LogP contribution in [0.3, 0.4) is 0 Å². The second kappa shape index (κ2) is 24.8. The summed E-state index contributed by atoms with van der Waals surface area (Å²) in [5, 5.41) is 29.6. The fourth-order valence-corrected chi connectivity index (χ4v) is 11.3. The molecule has 4 amide bonds. The zero-order valence-electron chi connectivity index (χ0n) is 41.2. The Morgan fingerprint density at radius 1 is 0.926 bits per heavy atom. The number of aryl methyl sites for hydroxylation is 1. The number of allylic oxidation sites excluding steroid dienone is 3. The molecule has 4 aliphatic rings. The van der Waals surface area contributed by atoms with Crippen LogP contribution in [0.5, 0.6) is 0 Å². The van der Waals surface area contributed by atoms with Crippen molar-refractivity contribution in [3.05, 3.63) is 64.8 Å². The zero-order chi connectivity index (χ0) is 49.0. The van der Waals surface area contributed by atoms with Crippen molar-refractivity contribution in [1.29, 1.82) is 0 Å². The predicted molar refractivity (Wildman–Crippen MR) is 263 cm³/mol. The van der Waals surface area contributed by atoms with E-state index in [-0.39, 0.29) is 91.6 Å². The maximum atomic E-state index is 14.0. The van der Waals surface area contributed by atoms with Crippen molar-refractivity contribution in [2.24, 2.45) is 29.1 Å². The van der Waals surface area contributed by atoms with Crippen molar-refractivity contribution in [3.8, 4) is 10.4 Å². The van der Waals surface area contributed by atoms with Gasteiger partial charge in [0, 0.05) is 44.8 Å². The van der Waals surface area contributed by atoms with E-state index in [0.29, 0.717) is 32.2 Å². The molecule has 2 aromatic rings. The standard InChI is InChI=1S/C53H77N5O9S/c1-33-25-38-19-16-34(2)42(23-22-41-27-39(59)29-46(62)66-41)47(38)44(26-33)67-52(65)54-24-14-12-10-8-7-9-11-13-15-45(61)57-49(53(4,5)6)51(64)58-31-40(60)28-43(58)50(63)55-30-36-17-20-37(21-18-36)48-35(3)56-32-68-48/h16-21,25,32-34,39-44,47,49,59-60H,7-15,22-24,26-31H2,1-6H3,(H,54,65)(H,55,63)(H,57,61)/t33-,34-,39-,40+,41+,42-,43-,44?,47-,49+/m0/s1. The molecule has 0 spiro atoms. The summed E-state index contributed by atoms with van der Waals surface area (Å²) in [6.07, 6.45) is 15.1. The van der Waals surface area contributed by atoms with Gasteiger partial charge in [0.05, 0.1) is 34.7 Å². The van der Waals surface area contributed by atoms with Crippen LogP contribution in [0.1, 0.15) is 142 Å². The number of carbonyl (C=O) groups is 5. The number of cyclic esters (lactones) is 1. The van der Waals surface area contributed by atoms with E-state index in [9.17, 15) is 34.2 Å². The number of β-amino-alcohol motifs (C(OH)–C–C–N with tert-alkyl or cyclic N) is 1. The predicted octanol–water partition coefficient (Wildman–Crippen LogP) is 8.08. The van der Waals surface area contributed by atoms with Crippen LogP contribution in [0.15, 0.2) is 53.6 Å². The lowest BCUT2D eigenvalue weighted by molar-refractivity contribution is -0.160. The summed E-state index contributed by atoms with van der Waals surface area (Å²) in [6.45, 7) is 12.9. The number of likely N-dealkylation sites (tertiary alicyclic amines) is 1. The highest BCUT2D eigenvalue weighted by Crippen LogP contribution is 2.45. The Labute approximate surface area is 407 Å². The number of alkyl carbamates (subject to hydrolysis) is 1. The highest BCUT2D eigenvalue weighted by atomic mass is 32.1. The molecule has 2 aliphatic heterocycles. The van der Waals surface area contributed by atoms with Crippen molar-refractivity contribution >= 4 is 41.1 Å². The number of aromatic nitrogens is 1. The molecule has 5 N–H and O–H groups in total. The smallest absolute Gasteiger partial charge is 0.407 e. The van der Waals surface area contributed by atoms with Crippen molar-refractivity contribution < 1.29 is 43.7 Å². The first-order valence-electron chi connectivity index (χ1n) is 25.2. The van der Waals surface area contributed by atoms with Crippen LogP contribution in [0.4, 0.5) is 4.79 Å². The largest absolute Gasteiger partial charge is 0.462 e. The van der Waals surface area contributed by atoms with E-state index in [1.165, 1.54) is 10.5 Å². The third-order valence-corrected chi connectivity index (χ3v) is 15.2. The molecule has 2 saturated heterocycles. The van der Waals surface area contributed by atoms with Crippen LogP contribution >= 0.6 is 11.3 Å². The number of hydrogen-bond acceptors (Lipinski definition) is 11. The molecular formula is C53H77N5O9S. The minimum atomic E-state index is -0.857. The average molecular weight is 960 g/mol. The molecule has 0 saturated carbocycles. The molecule has 6 rings (SSSR count). The summed E-state index contributed by atoms with van der Waals surface area (Å²) in [4.78, 5) is 72.5. The number of fused-ring (bicyclic) bond motifs is 1. The zero-order valence-corrected chi connectivity index (χ0v) is 42.0. The second-order valence-electron chi connectivity index (χ2n) is 21.0. The Balaban J connectivity index is 0.842. The van der Waals surface area contributed by atoms with Crippen molar-refractivity contribution in [1.82, 2.24) is 25.8 Å². The Bertz CT molecular complexity index is 2080. The molecular weight excluding hydrogens is 883 g/mol. The minimum Gasteiger partial charge on any atom is -0.462 e. The third kappa shape index (κ3) is 15.0. The number of carbonyl (C=O) groups excluding carboxylic acids is 5. The van der Waals surface area contributed by atoms with E-state index in [4.69, 9.17) is 9.47 Å². The maximum Gasteiger partial charge on any atom is 0.407 e. The quantitative estimate of drug-likeness (QED) is 0.0603. The second-order valence-corrected chi connectivity index (χ2v) is 21.8. The SMILES string of the molecule is Cc1ncsc1-c1ccc(CNC(=O)[C@@H]2C[C@@H](O)CN2C(=O)[C@@H](NC(=O)CCCCCCCCCCNC(=O)OC2C[C@@H](C)C=C3C=C[C@H](C)[C@H](CC[C@@H]4C[C@H](O)CC(=O)O4)[C@H]32)C(C)(C)C)cc1. The van der Waals surface area contributed by atoms with Gasteiger partial charge >= 0.3 is 12.1 Å². The van der Waals surface area contributed by atoms with Crippen LogP contribution in [0, 0.1) is 36.0 Å². The lowest BCUT2D eigenvalue weighted by Gasteiger charge is -2.43.